The van der Waals surface area contributed by atoms with Crippen LogP contribution in [-0.4, -0.2) is 11.7 Å². The summed E-state index contributed by atoms with van der Waals surface area (Å²) >= 11 is 0. The quantitative estimate of drug-likeness (QED) is 0.507. The number of nitrogens with one attached hydrogen (secondary N) is 1. The van der Waals surface area contributed by atoms with Gasteiger partial charge in [-0.05, 0) is 18.8 Å². The van der Waals surface area contributed by atoms with Crippen LogP contribution >= 0.6 is 0 Å². The van der Waals surface area contributed by atoms with Gasteiger partial charge >= 0.3 is 0 Å². The number of hydrogen-bond donors (Lipinski definition) is 1. The lowest BCUT2D eigenvalue weighted by Gasteiger charge is -2.18. The predicted molar refractivity (Wildman–Crippen MR) is 52.4 cm³/mol. The van der Waals surface area contributed by atoms with Crippen molar-refractivity contribution in [3.05, 3.63) is 11.8 Å². The molecule has 1 saturated carbocycles. The van der Waals surface area contributed by atoms with Gasteiger partial charge in [-0.1, -0.05) is 25.3 Å². The molecule has 0 radical (unpaired) electrons. The fraction of sp³-hybridized carbons (Fsp3) is 0.636. The molecule has 76 valence electrons. The summed E-state index contributed by atoms with van der Waals surface area (Å²) in [7, 11) is 0. The molecule has 2 aliphatic rings. The second kappa shape index (κ2) is 3.95. The van der Waals surface area contributed by atoms with E-state index in [0.29, 0.717) is 11.6 Å². The van der Waals surface area contributed by atoms with Crippen LogP contribution in [0.15, 0.2) is 11.8 Å². The van der Waals surface area contributed by atoms with E-state index >= 15 is 0 Å². The molecule has 0 aromatic carbocycles. The van der Waals surface area contributed by atoms with Crippen LogP contribution in [0.1, 0.15) is 38.5 Å². The zero-order chi connectivity index (χ0) is 9.97. The molecule has 2 fully saturated rings. The average molecular weight is 193 g/mol. The van der Waals surface area contributed by atoms with E-state index in [0.717, 1.165) is 12.8 Å². The van der Waals surface area contributed by atoms with Gasteiger partial charge in [-0.2, -0.15) is 0 Å². The van der Waals surface area contributed by atoms with Crippen molar-refractivity contribution in [3.8, 4) is 0 Å². The molecule has 1 aliphatic carbocycles. The van der Waals surface area contributed by atoms with Crippen LogP contribution in [0.3, 0.4) is 0 Å². The molecule has 2 rings (SSSR count). The van der Waals surface area contributed by atoms with Gasteiger partial charge in [0.15, 0.2) is 5.78 Å². The Balaban J connectivity index is 2.02. The molecule has 14 heavy (non-hydrogen) atoms. The molecular formula is C11H15NO2. The fourth-order valence-corrected chi connectivity index (χ4v) is 2.18. The first-order valence-corrected chi connectivity index (χ1v) is 5.30. The van der Waals surface area contributed by atoms with E-state index in [-0.39, 0.29) is 18.1 Å². The summed E-state index contributed by atoms with van der Waals surface area (Å²) in [6.07, 6.45) is 8.12. The smallest absolute Gasteiger partial charge is 0.232 e. The maximum Gasteiger partial charge on any atom is 0.232 e. The number of amides is 1. The molecule has 0 spiro atoms. The Kier molecular flexibility index (Phi) is 2.66. The van der Waals surface area contributed by atoms with Gasteiger partial charge < -0.3 is 5.32 Å². The van der Waals surface area contributed by atoms with E-state index in [4.69, 9.17) is 0 Å². The van der Waals surface area contributed by atoms with Crippen LogP contribution in [0.25, 0.3) is 0 Å². The number of hydrogen-bond acceptors (Lipinski definition) is 2. The first-order chi connectivity index (χ1) is 6.75. The normalized spacial score (nSPS) is 27.0. The number of carbonyl (C=O) groups is 2. The number of carbonyl (C=O) groups excluding carboxylic acids is 2. The lowest BCUT2D eigenvalue weighted by atomic mass is 9.88. The van der Waals surface area contributed by atoms with E-state index in [9.17, 15) is 9.59 Å². The van der Waals surface area contributed by atoms with E-state index in [2.05, 4.69) is 5.32 Å². The Morgan fingerprint density at radius 3 is 2.43 bits per heavy atom. The lowest BCUT2D eigenvalue weighted by Crippen LogP contribution is -2.14. The summed E-state index contributed by atoms with van der Waals surface area (Å²) in [6, 6.07) is 0. The maximum absolute atomic E-state index is 11.3. The number of allylic oxidation sites excluding steroid dienone is 2. The highest BCUT2D eigenvalue weighted by atomic mass is 16.2. The van der Waals surface area contributed by atoms with Gasteiger partial charge in [0, 0.05) is 0 Å². The summed E-state index contributed by atoms with van der Waals surface area (Å²) in [5.74, 6) is 0.304. The highest BCUT2D eigenvalue weighted by molar-refractivity contribution is 6.14. The minimum absolute atomic E-state index is 0.0402. The summed E-state index contributed by atoms with van der Waals surface area (Å²) < 4.78 is 0. The largest absolute Gasteiger partial charge is 0.323 e. The molecule has 1 heterocycles. The third kappa shape index (κ3) is 2.03. The molecule has 3 heteroatoms. The average Bonchev–Trinajstić information content (AvgIpc) is 2.47. The molecule has 1 amide bonds. The number of ketones is 1. The van der Waals surface area contributed by atoms with Crippen LogP contribution in [0.5, 0.6) is 0 Å². The molecule has 0 unspecified atom stereocenters. The standard InChI is InChI=1S/C11H15NO2/c13-10-7-11(14)12-9(10)6-8-4-2-1-3-5-8/h6,8H,1-5,7H2,(H,12,14)/b9-6-. The Morgan fingerprint density at radius 1 is 1.14 bits per heavy atom. The minimum atomic E-state index is -0.156. The maximum atomic E-state index is 11.3. The molecule has 1 N–H and O–H groups in total. The van der Waals surface area contributed by atoms with Gasteiger partial charge in [0.25, 0.3) is 0 Å². The van der Waals surface area contributed by atoms with Crippen molar-refractivity contribution in [2.45, 2.75) is 38.5 Å². The second-order valence-corrected chi connectivity index (χ2v) is 4.13. The van der Waals surface area contributed by atoms with Crippen LogP contribution < -0.4 is 5.32 Å². The molecule has 0 aromatic rings. The van der Waals surface area contributed by atoms with E-state index < -0.39 is 0 Å². The van der Waals surface area contributed by atoms with Gasteiger partial charge in [-0.3, -0.25) is 9.59 Å². The molecule has 1 saturated heterocycles. The molecule has 3 nitrogen and oxygen atoms in total. The van der Waals surface area contributed by atoms with Crippen molar-refractivity contribution in [2.75, 3.05) is 0 Å². The summed E-state index contributed by atoms with van der Waals surface area (Å²) in [6.45, 7) is 0. The second-order valence-electron chi connectivity index (χ2n) is 4.13. The highest BCUT2D eigenvalue weighted by Gasteiger charge is 2.25. The van der Waals surface area contributed by atoms with Crippen LogP contribution in [0, 0.1) is 5.92 Å². The Morgan fingerprint density at radius 2 is 1.86 bits per heavy atom. The number of rotatable bonds is 1. The van der Waals surface area contributed by atoms with Gasteiger partial charge in [-0.25, -0.2) is 0 Å². The van der Waals surface area contributed by atoms with E-state index in [1.807, 2.05) is 6.08 Å². The van der Waals surface area contributed by atoms with Gasteiger partial charge in [0.2, 0.25) is 5.91 Å². The Hall–Kier alpha value is -1.12. The van der Waals surface area contributed by atoms with Crippen molar-refractivity contribution in [3.63, 3.8) is 0 Å². The first-order valence-electron chi connectivity index (χ1n) is 5.30. The van der Waals surface area contributed by atoms with Gasteiger partial charge in [0.1, 0.15) is 0 Å². The van der Waals surface area contributed by atoms with Crippen molar-refractivity contribution in [1.29, 1.82) is 0 Å². The Bertz CT molecular complexity index is 288. The fourth-order valence-electron chi connectivity index (χ4n) is 2.18. The van der Waals surface area contributed by atoms with E-state index in [1.165, 1.54) is 19.3 Å². The lowest BCUT2D eigenvalue weighted by molar-refractivity contribution is -0.121. The summed E-state index contributed by atoms with van der Waals surface area (Å²) in [5, 5.41) is 2.62. The van der Waals surface area contributed by atoms with E-state index in [1.54, 1.807) is 0 Å². The first kappa shape index (κ1) is 9.44. The van der Waals surface area contributed by atoms with Crippen molar-refractivity contribution < 1.29 is 9.59 Å². The molecular weight excluding hydrogens is 178 g/mol. The van der Waals surface area contributed by atoms with Gasteiger partial charge in [-0.15, -0.1) is 0 Å². The zero-order valence-corrected chi connectivity index (χ0v) is 8.21. The SMILES string of the molecule is O=C1CC(=O)/C(=C/C2CCCCC2)N1. The Labute approximate surface area is 83.6 Å². The molecule has 0 atom stereocenters. The third-order valence-corrected chi connectivity index (χ3v) is 2.95. The molecule has 0 aromatic heterocycles. The van der Waals surface area contributed by atoms with Crippen LogP contribution in [0.4, 0.5) is 0 Å². The molecule has 0 bridgehead atoms. The van der Waals surface area contributed by atoms with Crippen molar-refractivity contribution in [1.82, 2.24) is 5.32 Å². The summed E-state index contributed by atoms with van der Waals surface area (Å²) in [4.78, 5) is 22.2. The monoisotopic (exact) mass is 193 g/mol. The van der Waals surface area contributed by atoms with Crippen LogP contribution in [0.2, 0.25) is 0 Å². The van der Waals surface area contributed by atoms with Crippen LogP contribution in [-0.2, 0) is 9.59 Å². The topological polar surface area (TPSA) is 46.2 Å². The third-order valence-electron chi connectivity index (χ3n) is 2.95. The summed E-state index contributed by atoms with van der Waals surface area (Å²) in [5.41, 5.74) is 0.543. The highest BCUT2D eigenvalue weighted by Crippen LogP contribution is 2.26. The molecule has 1 aliphatic heterocycles. The van der Waals surface area contributed by atoms with Gasteiger partial charge in [0.05, 0.1) is 12.1 Å². The van der Waals surface area contributed by atoms with Crippen molar-refractivity contribution >= 4 is 11.7 Å². The van der Waals surface area contributed by atoms with Crippen molar-refractivity contribution in [2.24, 2.45) is 5.92 Å². The number of Topliss-reactive ketones (excluding diaryl/α,β-unsaturated/α-hetero) is 1. The predicted octanol–water partition coefficient (Wildman–Crippen LogP) is 1.54. The minimum Gasteiger partial charge on any atom is -0.323 e. The zero-order valence-electron chi connectivity index (χ0n) is 8.21.